The first-order valence-corrected chi connectivity index (χ1v) is 19.1. The molecule has 0 spiro atoms. The molecule has 0 unspecified atom stereocenters. The van der Waals surface area contributed by atoms with E-state index < -0.39 is 11.8 Å². The fourth-order valence-electron chi connectivity index (χ4n) is 7.70. The molecule has 0 radical (unpaired) electrons. The van der Waals surface area contributed by atoms with Crippen molar-refractivity contribution < 1.29 is 14.7 Å². The third-order valence-corrected chi connectivity index (χ3v) is 10.8. The first-order chi connectivity index (χ1) is 28.7. The summed E-state index contributed by atoms with van der Waals surface area (Å²) < 4.78 is 0. The number of carbonyl (C=O) groups excluding carboxylic acids is 2. The van der Waals surface area contributed by atoms with E-state index in [2.05, 4.69) is 45.3 Å². The first-order valence-electron chi connectivity index (χ1n) is 19.1. The number of nitrogens with zero attached hydrogens (tertiary/aromatic N) is 7. The summed E-state index contributed by atoms with van der Waals surface area (Å²) >= 11 is 0. The molecule has 2 atom stereocenters. The highest BCUT2D eigenvalue weighted by atomic mass is 16.3. The van der Waals surface area contributed by atoms with Crippen LogP contribution in [-0.4, -0.2) is 78.6 Å². The highest BCUT2D eigenvalue weighted by Gasteiger charge is 2.26. The van der Waals surface area contributed by atoms with Gasteiger partial charge in [-0.25, -0.2) is 19.9 Å². The number of imidazole rings is 2. The first kappa shape index (κ1) is 35.7. The van der Waals surface area contributed by atoms with E-state index in [-0.39, 0.29) is 29.8 Å². The number of benzene rings is 3. The Hall–Kier alpha value is -7.71. The monoisotopic (exact) mass is 777 g/mol. The molecule has 10 aromatic rings. The number of aliphatic hydroxyl groups is 1. The van der Waals surface area contributed by atoms with E-state index in [1.54, 1.807) is 6.20 Å². The number of fused-ring (bicyclic) bond motifs is 4. The highest BCUT2D eigenvalue weighted by Crippen LogP contribution is 2.34. The van der Waals surface area contributed by atoms with Gasteiger partial charge in [-0.05, 0) is 87.0 Å². The van der Waals surface area contributed by atoms with E-state index >= 15 is 0 Å². The maximum absolute atomic E-state index is 13.9. The summed E-state index contributed by atoms with van der Waals surface area (Å²) in [5.41, 5.74) is 11.7. The summed E-state index contributed by atoms with van der Waals surface area (Å²) in [4.78, 5) is 59.8. The summed E-state index contributed by atoms with van der Waals surface area (Å²) in [7, 11) is 0. The number of nitrogens with one attached hydrogen (secondary N) is 4. The molecule has 59 heavy (non-hydrogen) atoms. The van der Waals surface area contributed by atoms with Gasteiger partial charge in [-0.3, -0.25) is 34.7 Å². The van der Waals surface area contributed by atoms with Crippen LogP contribution in [-0.2, 0) is 0 Å². The van der Waals surface area contributed by atoms with E-state index in [1.165, 1.54) is 0 Å². The van der Waals surface area contributed by atoms with E-state index in [1.807, 2.05) is 118 Å². The number of hydrogen-bond acceptors (Lipinski definition) is 10. The van der Waals surface area contributed by atoms with Gasteiger partial charge < -0.3 is 15.3 Å². The number of ketones is 2. The van der Waals surface area contributed by atoms with Gasteiger partial charge in [0, 0.05) is 39.5 Å². The molecule has 0 saturated heterocycles. The summed E-state index contributed by atoms with van der Waals surface area (Å²) in [5.74, 6) is -1.78. The number of aryl methyl sites for hydroxylation is 2. The molecule has 288 valence electrons. The molecule has 14 heteroatoms. The van der Waals surface area contributed by atoms with E-state index in [4.69, 9.17) is 9.97 Å². The SMILES string of the molecule is Cc1cc(-c2[nH][nH]c3cc4nc(C(=O)[C@H](C)c5cccc(-c6cc(-c7[nH][nH]c8cc9nc(C(=O)[C@H](CO)c%10ccccc%10)nc9cc78)cc(C)n6)n5)nc4cc23)ccn1. The lowest BCUT2D eigenvalue weighted by atomic mass is 9.95. The number of Topliss-reactive ketones (excluding diaryl/α,β-unsaturated/α-hetero) is 2. The predicted molar refractivity (Wildman–Crippen MR) is 224 cm³/mol. The zero-order valence-electron chi connectivity index (χ0n) is 32.1. The summed E-state index contributed by atoms with van der Waals surface area (Å²) in [5, 5.41) is 24.8. The zero-order chi connectivity index (χ0) is 40.4. The van der Waals surface area contributed by atoms with Gasteiger partial charge in [0.1, 0.15) is 0 Å². The predicted octanol–water partition coefficient (Wildman–Crippen LogP) is 7.94. The number of aromatic nitrogens is 11. The molecule has 0 aliphatic carbocycles. The van der Waals surface area contributed by atoms with Crippen molar-refractivity contribution in [1.82, 2.24) is 55.3 Å². The standard InChI is InChI=1S/C45H35N11O3/c1-22-14-26(12-13-46-22)40-28-17-36-38(19-33(28)53-55-40)51-44(49-36)42(58)24(3)31-10-7-11-32(48-31)35-16-27(15-23(2)47-35)41-29-18-37-39(20-34(29)54-56-41)52-45(50-37)43(59)30(21-57)25-8-5-4-6-9-25/h4-20,24,30,53-57H,21H2,1-3H3/t24-,30-/m1/s1. The molecular formula is C45H35N11O3. The van der Waals surface area contributed by atoms with Crippen LogP contribution >= 0.6 is 0 Å². The molecule has 5 N–H and O–H groups in total. The molecule has 0 aliphatic heterocycles. The number of aromatic amines is 4. The Morgan fingerprint density at radius 3 is 1.85 bits per heavy atom. The summed E-state index contributed by atoms with van der Waals surface area (Å²) in [6, 6.07) is 30.2. The van der Waals surface area contributed by atoms with Gasteiger partial charge in [0.2, 0.25) is 11.6 Å². The van der Waals surface area contributed by atoms with Crippen LogP contribution in [0.4, 0.5) is 0 Å². The van der Waals surface area contributed by atoms with Crippen LogP contribution in [0.2, 0.25) is 0 Å². The lowest BCUT2D eigenvalue weighted by molar-refractivity contribution is 0.0911. The van der Waals surface area contributed by atoms with Crippen LogP contribution in [0.1, 0.15) is 62.6 Å². The van der Waals surface area contributed by atoms with Crippen molar-refractivity contribution in [2.45, 2.75) is 32.6 Å². The fourth-order valence-corrected chi connectivity index (χ4v) is 7.70. The zero-order valence-corrected chi connectivity index (χ0v) is 32.1. The molecule has 0 bridgehead atoms. The lowest BCUT2D eigenvalue weighted by Gasteiger charge is -2.11. The molecule has 0 saturated carbocycles. The van der Waals surface area contributed by atoms with Gasteiger partial charge in [0.25, 0.3) is 0 Å². The van der Waals surface area contributed by atoms with E-state index in [0.717, 1.165) is 55.7 Å². The van der Waals surface area contributed by atoms with Crippen molar-refractivity contribution >= 4 is 55.4 Å². The molecular weight excluding hydrogens is 743 g/mol. The second kappa shape index (κ2) is 14.0. The number of pyridine rings is 3. The number of H-pyrrole nitrogens is 4. The highest BCUT2D eigenvalue weighted by molar-refractivity contribution is 6.06. The second-order valence-corrected chi connectivity index (χ2v) is 14.7. The van der Waals surface area contributed by atoms with Gasteiger partial charge in [-0.15, -0.1) is 0 Å². The number of aliphatic hydroxyl groups excluding tert-OH is 1. The molecule has 0 fully saturated rings. The Labute approximate surface area is 335 Å². The van der Waals surface area contributed by atoms with Crippen molar-refractivity contribution in [2.75, 3.05) is 6.61 Å². The Kier molecular flexibility index (Phi) is 8.49. The Morgan fingerprint density at radius 1 is 0.593 bits per heavy atom. The average molecular weight is 778 g/mol. The average Bonchev–Trinajstić information content (AvgIpc) is 4.06. The Balaban J connectivity index is 0.932. The van der Waals surface area contributed by atoms with Crippen LogP contribution in [0, 0.1) is 13.8 Å². The van der Waals surface area contributed by atoms with Crippen molar-refractivity contribution in [3.8, 4) is 33.9 Å². The van der Waals surface area contributed by atoms with Crippen LogP contribution in [0.5, 0.6) is 0 Å². The fraction of sp³-hybridized carbons (Fsp3) is 0.133. The van der Waals surface area contributed by atoms with Gasteiger partial charge in [0.05, 0.1) is 80.0 Å². The van der Waals surface area contributed by atoms with Gasteiger partial charge in [-0.1, -0.05) is 36.4 Å². The van der Waals surface area contributed by atoms with Gasteiger partial charge >= 0.3 is 0 Å². The van der Waals surface area contributed by atoms with Crippen molar-refractivity contribution in [3.63, 3.8) is 0 Å². The second-order valence-electron chi connectivity index (χ2n) is 14.7. The Bertz CT molecular complexity index is 3270. The van der Waals surface area contributed by atoms with Gasteiger partial charge in [0.15, 0.2) is 11.6 Å². The van der Waals surface area contributed by atoms with E-state index in [9.17, 15) is 14.7 Å². The topological polar surface area (TPSA) is 208 Å². The van der Waals surface area contributed by atoms with Crippen LogP contribution in [0.3, 0.4) is 0 Å². The molecule has 7 heterocycles. The maximum Gasteiger partial charge on any atom is 0.209 e. The number of hydrogen-bond donors (Lipinski definition) is 5. The van der Waals surface area contributed by atoms with E-state index in [0.29, 0.717) is 44.7 Å². The molecule has 10 rings (SSSR count). The summed E-state index contributed by atoms with van der Waals surface area (Å²) in [6.07, 6.45) is 1.77. The molecule has 7 aromatic heterocycles. The molecule has 0 amide bonds. The third kappa shape index (κ3) is 6.31. The van der Waals surface area contributed by atoms with Crippen molar-refractivity contribution in [2.24, 2.45) is 0 Å². The van der Waals surface area contributed by atoms with Crippen LogP contribution in [0.25, 0.3) is 77.8 Å². The minimum atomic E-state index is -0.760. The van der Waals surface area contributed by atoms with Crippen LogP contribution in [0.15, 0.2) is 103 Å². The Morgan fingerprint density at radius 2 is 1.20 bits per heavy atom. The van der Waals surface area contributed by atoms with Crippen molar-refractivity contribution in [1.29, 1.82) is 0 Å². The lowest BCUT2D eigenvalue weighted by Crippen LogP contribution is -2.18. The smallest absolute Gasteiger partial charge is 0.209 e. The quantitative estimate of drug-likeness (QED) is 0.0847. The van der Waals surface area contributed by atoms with Gasteiger partial charge in [-0.2, -0.15) is 0 Å². The molecule has 0 aliphatic rings. The molecule has 3 aromatic carbocycles. The molecule has 14 nitrogen and oxygen atoms in total. The minimum absolute atomic E-state index is 0.0578. The van der Waals surface area contributed by atoms with Crippen LogP contribution < -0.4 is 0 Å². The number of rotatable bonds is 10. The minimum Gasteiger partial charge on any atom is -0.395 e. The maximum atomic E-state index is 13.9. The largest absolute Gasteiger partial charge is 0.395 e. The summed E-state index contributed by atoms with van der Waals surface area (Å²) in [6.45, 7) is 5.32. The third-order valence-electron chi connectivity index (χ3n) is 10.8. The van der Waals surface area contributed by atoms with Crippen molar-refractivity contribution in [3.05, 3.63) is 138 Å². The number of carbonyl (C=O) groups is 2. The normalized spacial score (nSPS) is 12.8.